The number of hydrogen-bond acceptors (Lipinski definition) is 4. The van der Waals surface area contributed by atoms with E-state index in [2.05, 4.69) is 14.5 Å². The third kappa shape index (κ3) is 3.44. The van der Waals surface area contributed by atoms with Crippen LogP contribution in [-0.2, 0) is 0 Å². The van der Waals surface area contributed by atoms with Crippen molar-refractivity contribution in [3.63, 3.8) is 0 Å². The quantitative estimate of drug-likeness (QED) is 0.723. The third-order valence-corrected chi connectivity index (χ3v) is 4.59. The van der Waals surface area contributed by atoms with Crippen molar-refractivity contribution >= 4 is 5.91 Å². The van der Waals surface area contributed by atoms with Crippen LogP contribution in [0.5, 0.6) is 11.6 Å². The predicted molar refractivity (Wildman–Crippen MR) is 97.2 cm³/mol. The number of aromatic nitrogens is 3. The molecule has 3 aromatic rings. The SMILES string of the molecule is O=C(c1cccnc1Oc1ccccc1)N1CCCC(n2ccnc2)C1. The van der Waals surface area contributed by atoms with Gasteiger partial charge in [0.1, 0.15) is 11.3 Å². The Labute approximate surface area is 152 Å². The molecule has 0 N–H and O–H groups in total. The summed E-state index contributed by atoms with van der Waals surface area (Å²) in [6.45, 7) is 1.40. The second kappa shape index (κ2) is 7.39. The van der Waals surface area contributed by atoms with Gasteiger partial charge in [-0.1, -0.05) is 18.2 Å². The summed E-state index contributed by atoms with van der Waals surface area (Å²) >= 11 is 0. The average molecular weight is 348 g/mol. The summed E-state index contributed by atoms with van der Waals surface area (Å²) in [5, 5.41) is 0. The first-order valence-electron chi connectivity index (χ1n) is 8.76. The van der Waals surface area contributed by atoms with E-state index < -0.39 is 0 Å². The minimum Gasteiger partial charge on any atom is -0.438 e. The van der Waals surface area contributed by atoms with Crippen LogP contribution in [0.25, 0.3) is 0 Å². The molecule has 0 bridgehead atoms. The Bertz CT molecular complexity index is 865. The zero-order valence-electron chi connectivity index (χ0n) is 14.4. The smallest absolute Gasteiger partial charge is 0.259 e. The lowest BCUT2D eigenvalue weighted by Gasteiger charge is -2.33. The highest BCUT2D eigenvalue weighted by Crippen LogP contribution is 2.27. The van der Waals surface area contributed by atoms with Gasteiger partial charge in [0, 0.05) is 31.7 Å². The van der Waals surface area contributed by atoms with E-state index in [0.29, 0.717) is 23.7 Å². The molecule has 6 nitrogen and oxygen atoms in total. The van der Waals surface area contributed by atoms with E-state index in [1.54, 1.807) is 24.5 Å². The first kappa shape index (κ1) is 16.3. The van der Waals surface area contributed by atoms with Crippen LogP contribution in [0, 0.1) is 0 Å². The van der Waals surface area contributed by atoms with Crippen LogP contribution in [-0.4, -0.2) is 38.4 Å². The average Bonchev–Trinajstić information content (AvgIpc) is 3.24. The summed E-state index contributed by atoms with van der Waals surface area (Å²) in [5.41, 5.74) is 0.489. The van der Waals surface area contributed by atoms with Crippen LogP contribution < -0.4 is 4.74 Å². The van der Waals surface area contributed by atoms with Crippen molar-refractivity contribution in [3.05, 3.63) is 72.9 Å². The lowest BCUT2D eigenvalue weighted by Crippen LogP contribution is -2.40. The number of ether oxygens (including phenoxy) is 1. The molecule has 26 heavy (non-hydrogen) atoms. The van der Waals surface area contributed by atoms with Gasteiger partial charge >= 0.3 is 0 Å². The zero-order chi connectivity index (χ0) is 17.8. The molecule has 0 spiro atoms. The molecule has 1 aromatic carbocycles. The molecule has 1 amide bonds. The van der Waals surface area contributed by atoms with Gasteiger partial charge in [0.05, 0.1) is 12.4 Å². The molecular formula is C20H20N4O2. The number of benzene rings is 1. The highest BCUT2D eigenvalue weighted by molar-refractivity contribution is 5.96. The van der Waals surface area contributed by atoms with Gasteiger partial charge in [0.15, 0.2) is 0 Å². The number of carbonyl (C=O) groups excluding carboxylic acids is 1. The summed E-state index contributed by atoms with van der Waals surface area (Å²) in [4.78, 5) is 23.4. The van der Waals surface area contributed by atoms with Gasteiger partial charge in [0.2, 0.25) is 5.88 Å². The minimum absolute atomic E-state index is 0.0474. The zero-order valence-corrected chi connectivity index (χ0v) is 14.4. The van der Waals surface area contributed by atoms with Crippen LogP contribution >= 0.6 is 0 Å². The number of para-hydroxylation sites is 1. The molecule has 132 valence electrons. The summed E-state index contributed by atoms with van der Waals surface area (Å²) in [5.74, 6) is 0.956. The molecule has 2 aromatic heterocycles. The van der Waals surface area contributed by atoms with Crippen LogP contribution in [0.15, 0.2) is 67.4 Å². The molecule has 1 atom stereocenters. The molecule has 1 unspecified atom stereocenters. The van der Waals surface area contributed by atoms with Gasteiger partial charge in [0.25, 0.3) is 5.91 Å². The number of hydrogen-bond donors (Lipinski definition) is 0. The van der Waals surface area contributed by atoms with Crippen LogP contribution in [0.1, 0.15) is 29.2 Å². The molecule has 3 heterocycles. The molecule has 1 fully saturated rings. The van der Waals surface area contributed by atoms with E-state index in [9.17, 15) is 4.79 Å². The Hall–Kier alpha value is -3.15. The fourth-order valence-electron chi connectivity index (χ4n) is 3.27. The highest BCUT2D eigenvalue weighted by Gasteiger charge is 2.27. The highest BCUT2D eigenvalue weighted by atomic mass is 16.5. The molecule has 1 saturated heterocycles. The van der Waals surface area contributed by atoms with Crippen molar-refractivity contribution in [2.75, 3.05) is 13.1 Å². The summed E-state index contributed by atoms with van der Waals surface area (Å²) < 4.78 is 7.92. The number of pyridine rings is 1. The number of rotatable bonds is 4. The van der Waals surface area contributed by atoms with Crippen molar-refractivity contribution in [2.24, 2.45) is 0 Å². The van der Waals surface area contributed by atoms with Gasteiger partial charge < -0.3 is 14.2 Å². The van der Waals surface area contributed by atoms with Gasteiger partial charge in [-0.3, -0.25) is 4.79 Å². The number of likely N-dealkylation sites (tertiary alicyclic amines) is 1. The maximum atomic E-state index is 13.1. The number of imidazole rings is 1. The first-order valence-corrected chi connectivity index (χ1v) is 8.76. The molecule has 4 rings (SSSR count). The van der Waals surface area contributed by atoms with E-state index in [4.69, 9.17) is 4.74 Å². The van der Waals surface area contributed by atoms with Crippen molar-refractivity contribution in [2.45, 2.75) is 18.9 Å². The van der Waals surface area contributed by atoms with E-state index >= 15 is 0 Å². The monoisotopic (exact) mass is 348 g/mol. The van der Waals surface area contributed by atoms with Gasteiger partial charge in [-0.05, 0) is 37.1 Å². The minimum atomic E-state index is -0.0474. The van der Waals surface area contributed by atoms with Crippen LogP contribution in [0.4, 0.5) is 0 Å². The molecule has 1 aliphatic heterocycles. The standard InChI is InChI=1S/C20H20N4O2/c25-20(23-12-5-6-16(14-23)24-13-11-21-15-24)18-9-4-10-22-19(18)26-17-7-2-1-3-8-17/h1-4,7-11,13,15-16H,5-6,12,14H2. The Morgan fingerprint density at radius 1 is 1.12 bits per heavy atom. The normalized spacial score (nSPS) is 17.1. The van der Waals surface area contributed by atoms with Crippen LogP contribution in [0.2, 0.25) is 0 Å². The van der Waals surface area contributed by atoms with Crippen molar-refractivity contribution in [1.29, 1.82) is 0 Å². The van der Waals surface area contributed by atoms with Crippen molar-refractivity contribution in [1.82, 2.24) is 19.4 Å². The maximum Gasteiger partial charge on any atom is 0.259 e. The van der Waals surface area contributed by atoms with E-state index in [1.165, 1.54) is 0 Å². The van der Waals surface area contributed by atoms with Crippen molar-refractivity contribution < 1.29 is 9.53 Å². The summed E-state index contributed by atoms with van der Waals surface area (Å²) in [6.07, 6.45) is 9.18. The molecule has 6 heteroatoms. The molecule has 0 saturated carbocycles. The Morgan fingerprint density at radius 3 is 2.81 bits per heavy atom. The van der Waals surface area contributed by atoms with E-state index in [0.717, 1.165) is 19.4 Å². The van der Waals surface area contributed by atoms with Gasteiger partial charge in [-0.25, -0.2) is 9.97 Å². The Morgan fingerprint density at radius 2 is 2.00 bits per heavy atom. The molecular weight excluding hydrogens is 328 g/mol. The van der Waals surface area contributed by atoms with E-state index in [1.807, 2.05) is 47.8 Å². The van der Waals surface area contributed by atoms with E-state index in [-0.39, 0.29) is 11.9 Å². The topological polar surface area (TPSA) is 60.2 Å². The maximum absolute atomic E-state index is 13.1. The van der Waals surface area contributed by atoms with Gasteiger partial charge in [-0.2, -0.15) is 0 Å². The first-order chi connectivity index (χ1) is 12.8. The number of nitrogens with zero attached hydrogens (tertiary/aromatic N) is 4. The molecule has 1 aliphatic rings. The lowest BCUT2D eigenvalue weighted by molar-refractivity contribution is 0.0676. The summed E-state index contributed by atoms with van der Waals surface area (Å²) in [6, 6.07) is 13.2. The number of piperidine rings is 1. The second-order valence-corrected chi connectivity index (χ2v) is 6.33. The second-order valence-electron chi connectivity index (χ2n) is 6.33. The van der Waals surface area contributed by atoms with Crippen molar-refractivity contribution in [3.8, 4) is 11.6 Å². The Kier molecular flexibility index (Phi) is 4.64. The molecule has 0 aliphatic carbocycles. The molecule has 0 radical (unpaired) electrons. The fourth-order valence-corrected chi connectivity index (χ4v) is 3.27. The number of amides is 1. The largest absolute Gasteiger partial charge is 0.438 e. The third-order valence-electron chi connectivity index (χ3n) is 4.59. The van der Waals surface area contributed by atoms with Crippen LogP contribution in [0.3, 0.4) is 0 Å². The number of carbonyl (C=O) groups is 1. The fraction of sp³-hybridized carbons (Fsp3) is 0.250. The predicted octanol–water partition coefficient (Wildman–Crippen LogP) is 3.55. The summed E-state index contributed by atoms with van der Waals surface area (Å²) in [7, 11) is 0. The Balaban J connectivity index is 1.54. The van der Waals surface area contributed by atoms with Gasteiger partial charge in [-0.15, -0.1) is 0 Å². The lowest BCUT2D eigenvalue weighted by atomic mass is 10.0.